The summed E-state index contributed by atoms with van der Waals surface area (Å²) in [5.74, 6) is -0.0736. The number of amides is 1. The van der Waals surface area contributed by atoms with Gasteiger partial charge in [-0.05, 0) is 23.8 Å². The van der Waals surface area contributed by atoms with Crippen LogP contribution in [-0.2, 0) is 21.2 Å². The van der Waals surface area contributed by atoms with Crippen molar-refractivity contribution in [2.24, 2.45) is 0 Å². The van der Waals surface area contributed by atoms with Gasteiger partial charge in [-0.1, -0.05) is 15.9 Å². The first kappa shape index (κ1) is 11.4. The summed E-state index contributed by atoms with van der Waals surface area (Å²) in [6.45, 7) is 0. The van der Waals surface area contributed by atoms with Crippen molar-refractivity contribution < 1.29 is 13.2 Å². The fraction of sp³-hybridized carbons (Fsp3) is 0.222. The largest absolute Gasteiger partial charge is 0.326 e. The Labute approximate surface area is 101 Å². The molecule has 0 aromatic heterocycles. The quantitative estimate of drug-likeness (QED) is 0.826. The number of rotatable bonds is 3. The molecule has 1 amide bonds. The maximum absolute atomic E-state index is 11.3. The Bertz CT molecular complexity index is 542. The highest BCUT2D eigenvalue weighted by Crippen LogP contribution is 2.26. The molecule has 1 aromatic rings. The summed E-state index contributed by atoms with van der Waals surface area (Å²) in [7, 11) is -3.34. The van der Waals surface area contributed by atoms with Crippen LogP contribution in [0.25, 0.3) is 0 Å². The predicted octanol–water partition coefficient (Wildman–Crippen LogP) is 1.28. The average Bonchev–Trinajstić information content (AvgIpc) is 2.57. The molecule has 0 saturated heterocycles. The minimum Gasteiger partial charge on any atom is -0.326 e. The molecule has 0 spiro atoms. The highest BCUT2D eigenvalue weighted by Gasteiger charge is 2.18. The van der Waals surface area contributed by atoms with Crippen molar-refractivity contribution in [1.82, 2.24) is 0 Å². The number of hydrogen-bond acceptors (Lipinski definition) is 3. The van der Waals surface area contributed by atoms with Crippen molar-refractivity contribution in [3.63, 3.8) is 0 Å². The lowest BCUT2D eigenvalue weighted by atomic mass is 10.1. The Morgan fingerprint density at radius 3 is 2.88 bits per heavy atom. The Kier molecular flexibility index (Phi) is 2.90. The van der Waals surface area contributed by atoms with E-state index in [0.29, 0.717) is 12.1 Å². The number of nitrogens with one attached hydrogen (secondary N) is 2. The van der Waals surface area contributed by atoms with Gasteiger partial charge in [0.2, 0.25) is 15.9 Å². The summed E-state index contributed by atoms with van der Waals surface area (Å²) in [5, 5.41) is 2.68. The summed E-state index contributed by atoms with van der Waals surface area (Å²) in [4.78, 5) is 11.1. The van der Waals surface area contributed by atoms with E-state index in [9.17, 15) is 13.2 Å². The highest BCUT2D eigenvalue weighted by molar-refractivity contribution is 9.10. The molecule has 2 rings (SSSR count). The number of sulfonamides is 1. The van der Waals surface area contributed by atoms with Crippen molar-refractivity contribution in [2.75, 3.05) is 14.7 Å². The maximum atomic E-state index is 11.3. The van der Waals surface area contributed by atoms with Gasteiger partial charge in [-0.3, -0.25) is 9.52 Å². The molecular formula is C9H9BrN2O3S. The zero-order valence-electron chi connectivity index (χ0n) is 8.16. The third-order valence-electron chi connectivity index (χ3n) is 2.15. The summed E-state index contributed by atoms with van der Waals surface area (Å²) in [6.07, 6.45) is 0.291. The number of alkyl halides is 1. The molecule has 7 heteroatoms. The van der Waals surface area contributed by atoms with Crippen LogP contribution in [0.3, 0.4) is 0 Å². The van der Waals surface area contributed by atoms with Crippen molar-refractivity contribution in [1.29, 1.82) is 0 Å². The van der Waals surface area contributed by atoms with Crippen molar-refractivity contribution in [3.05, 3.63) is 23.8 Å². The molecule has 1 heterocycles. The number of fused-ring (bicyclic) bond motifs is 1. The first-order chi connectivity index (χ1) is 7.50. The Morgan fingerprint density at radius 2 is 2.19 bits per heavy atom. The molecular weight excluding hydrogens is 296 g/mol. The predicted molar refractivity (Wildman–Crippen MR) is 65.1 cm³/mol. The molecule has 0 unspecified atom stereocenters. The van der Waals surface area contributed by atoms with Crippen molar-refractivity contribution in [2.45, 2.75) is 6.42 Å². The summed E-state index contributed by atoms with van der Waals surface area (Å²) in [5.41, 5.74) is 2.02. The van der Waals surface area contributed by atoms with Gasteiger partial charge in [-0.25, -0.2) is 8.42 Å². The molecule has 0 bridgehead atoms. The topological polar surface area (TPSA) is 75.3 Å². The van der Waals surface area contributed by atoms with Crippen LogP contribution in [0.2, 0.25) is 0 Å². The Balaban J connectivity index is 2.27. The molecule has 86 valence electrons. The van der Waals surface area contributed by atoms with Crippen LogP contribution in [0.15, 0.2) is 18.2 Å². The van der Waals surface area contributed by atoms with Gasteiger partial charge < -0.3 is 5.32 Å². The lowest BCUT2D eigenvalue weighted by Gasteiger charge is -2.06. The van der Waals surface area contributed by atoms with Crippen molar-refractivity contribution >= 4 is 43.2 Å². The average molecular weight is 305 g/mol. The molecule has 0 saturated carbocycles. The molecule has 0 fully saturated rings. The highest BCUT2D eigenvalue weighted by atomic mass is 79.9. The van der Waals surface area contributed by atoms with E-state index in [2.05, 4.69) is 26.0 Å². The first-order valence-electron chi connectivity index (χ1n) is 4.49. The molecule has 2 N–H and O–H groups in total. The number of benzene rings is 1. The van der Waals surface area contributed by atoms with E-state index in [4.69, 9.17) is 0 Å². The number of anilines is 2. The fourth-order valence-electron chi connectivity index (χ4n) is 1.50. The number of hydrogen-bond donors (Lipinski definition) is 2. The van der Waals surface area contributed by atoms with E-state index >= 15 is 0 Å². The molecule has 1 aliphatic rings. The van der Waals surface area contributed by atoms with Gasteiger partial charge in [0, 0.05) is 11.4 Å². The first-order valence-corrected chi connectivity index (χ1v) is 7.27. The van der Waals surface area contributed by atoms with E-state index in [1.54, 1.807) is 18.2 Å². The Morgan fingerprint density at radius 1 is 1.44 bits per heavy atom. The lowest BCUT2D eigenvalue weighted by Crippen LogP contribution is -2.13. The van der Waals surface area contributed by atoms with Gasteiger partial charge in [-0.2, -0.15) is 0 Å². The van der Waals surface area contributed by atoms with Gasteiger partial charge in [-0.15, -0.1) is 0 Å². The van der Waals surface area contributed by atoms with E-state index in [1.165, 1.54) is 0 Å². The standard InChI is InChI=1S/C9H9BrN2O3S/c10-5-16(14,15)12-7-1-2-8-6(3-7)4-9(13)11-8/h1-3,12H,4-5H2,(H,11,13). The fourth-order valence-corrected chi connectivity index (χ4v) is 2.38. The van der Waals surface area contributed by atoms with Crippen LogP contribution in [0.4, 0.5) is 11.4 Å². The summed E-state index contributed by atoms with van der Waals surface area (Å²) >= 11 is 2.88. The SMILES string of the molecule is O=C1Cc2cc(NS(=O)(=O)CBr)ccc2N1. The lowest BCUT2D eigenvalue weighted by molar-refractivity contribution is -0.115. The second-order valence-electron chi connectivity index (χ2n) is 3.42. The van der Waals surface area contributed by atoms with Crippen LogP contribution in [0.5, 0.6) is 0 Å². The summed E-state index contributed by atoms with van der Waals surface area (Å²) in [6, 6.07) is 4.96. The van der Waals surface area contributed by atoms with Gasteiger partial charge >= 0.3 is 0 Å². The van der Waals surface area contributed by atoms with Gasteiger partial charge in [0.25, 0.3) is 0 Å². The molecule has 0 aliphatic carbocycles. The summed E-state index contributed by atoms with van der Waals surface area (Å²) < 4.78 is 24.8. The van der Waals surface area contributed by atoms with Crippen LogP contribution >= 0.6 is 15.9 Å². The van der Waals surface area contributed by atoms with Crippen molar-refractivity contribution in [3.8, 4) is 0 Å². The van der Waals surface area contributed by atoms with Crippen LogP contribution in [0.1, 0.15) is 5.56 Å². The maximum Gasteiger partial charge on any atom is 0.242 e. The molecule has 5 nitrogen and oxygen atoms in total. The minimum atomic E-state index is -3.34. The zero-order valence-corrected chi connectivity index (χ0v) is 10.6. The second kappa shape index (κ2) is 4.06. The van der Waals surface area contributed by atoms with E-state index in [1.807, 2.05) is 0 Å². The zero-order chi connectivity index (χ0) is 11.8. The number of halogens is 1. The third kappa shape index (κ3) is 2.35. The third-order valence-corrected chi connectivity index (χ3v) is 4.79. The van der Waals surface area contributed by atoms with Crippen LogP contribution in [0, 0.1) is 0 Å². The normalized spacial score (nSPS) is 14.4. The Hall–Kier alpha value is -1.08. The van der Waals surface area contributed by atoms with Crippen LogP contribution < -0.4 is 10.0 Å². The molecule has 0 atom stereocenters. The molecule has 16 heavy (non-hydrogen) atoms. The number of carbonyl (C=O) groups is 1. The second-order valence-corrected chi connectivity index (χ2v) is 6.45. The van der Waals surface area contributed by atoms with Crippen LogP contribution in [-0.4, -0.2) is 19.0 Å². The molecule has 1 aliphatic heterocycles. The van der Waals surface area contributed by atoms with Gasteiger partial charge in [0.1, 0.15) is 4.66 Å². The van der Waals surface area contributed by atoms with E-state index < -0.39 is 10.0 Å². The van der Waals surface area contributed by atoms with Gasteiger partial charge in [0.05, 0.1) is 6.42 Å². The number of carbonyl (C=O) groups excluding carboxylic acids is 1. The van der Waals surface area contributed by atoms with E-state index in [-0.39, 0.29) is 10.6 Å². The molecule has 0 radical (unpaired) electrons. The van der Waals surface area contributed by atoms with Gasteiger partial charge in [0.15, 0.2) is 0 Å². The molecule has 1 aromatic carbocycles. The smallest absolute Gasteiger partial charge is 0.242 e. The minimum absolute atomic E-state index is 0.0736. The monoisotopic (exact) mass is 304 g/mol. The van der Waals surface area contributed by atoms with E-state index in [0.717, 1.165) is 11.3 Å².